The molecule has 1 saturated heterocycles. The predicted octanol–water partition coefficient (Wildman–Crippen LogP) is 1.59. The van der Waals surface area contributed by atoms with Crippen LogP contribution in [-0.4, -0.2) is 50.3 Å². The van der Waals surface area contributed by atoms with E-state index in [4.69, 9.17) is 15.2 Å². The van der Waals surface area contributed by atoms with Gasteiger partial charge in [0.25, 0.3) is 0 Å². The maximum atomic E-state index is 12.3. The van der Waals surface area contributed by atoms with Crippen molar-refractivity contribution >= 4 is 5.91 Å². The van der Waals surface area contributed by atoms with Gasteiger partial charge in [-0.2, -0.15) is 0 Å². The second kappa shape index (κ2) is 8.76. The number of hydrogen-bond acceptors (Lipinski definition) is 4. The highest BCUT2D eigenvalue weighted by atomic mass is 16.5. The van der Waals surface area contributed by atoms with Crippen LogP contribution >= 0.6 is 0 Å². The molecular formula is C17H26N2O3. The summed E-state index contributed by atoms with van der Waals surface area (Å²) in [6.45, 7) is 2.95. The Kier molecular flexibility index (Phi) is 6.68. The summed E-state index contributed by atoms with van der Waals surface area (Å²) in [5, 5.41) is 0. The first kappa shape index (κ1) is 16.8. The van der Waals surface area contributed by atoms with Crippen LogP contribution in [0.25, 0.3) is 0 Å². The van der Waals surface area contributed by atoms with Crippen LogP contribution in [0.2, 0.25) is 0 Å². The van der Waals surface area contributed by atoms with E-state index in [1.54, 1.807) is 7.11 Å². The molecule has 1 amide bonds. The van der Waals surface area contributed by atoms with E-state index in [2.05, 4.69) is 0 Å². The van der Waals surface area contributed by atoms with Crippen molar-refractivity contribution in [2.24, 2.45) is 5.73 Å². The van der Waals surface area contributed by atoms with Gasteiger partial charge in [-0.1, -0.05) is 12.1 Å². The van der Waals surface area contributed by atoms with E-state index in [0.717, 1.165) is 50.3 Å². The lowest BCUT2D eigenvalue weighted by atomic mass is 10.1. The number of hydrogen-bond donors (Lipinski definition) is 1. The minimum atomic E-state index is 0.186. The standard InChI is InChI=1S/C17H26N2O3/c1-21-15-5-3-14(4-6-15)13-17(20)19-10-7-16(8-11-19)22-12-2-9-18/h3-6,16H,2,7-13,18H2,1H3. The summed E-state index contributed by atoms with van der Waals surface area (Å²) in [4.78, 5) is 14.3. The van der Waals surface area contributed by atoms with Gasteiger partial charge in [-0.15, -0.1) is 0 Å². The Labute approximate surface area is 132 Å². The van der Waals surface area contributed by atoms with Gasteiger partial charge in [-0.05, 0) is 43.5 Å². The lowest BCUT2D eigenvalue weighted by molar-refractivity contribution is -0.133. The number of rotatable bonds is 7. The molecule has 5 nitrogen and oxygen atoms in total. The maximum Gasteiger partial charge on any atom is 0.226 e. The third-order valence-electron chi connectivity index (χ3n) is 4.01. The van der Waals surface area contributed by atoms with E-state index >= 15 is 0 Å². The summed E-state index contributed by atoms with van der Waals surface area (Å²) in [6, 6.07) is 7.67. The Morgan fingerprint density at radius 3 is 2.55 bits per heavy atom. The first-order valence-electron chi connectivity index (χ1n) is 7.95. The highest BCUT2D eigenvalue weighted by Crippen LogP contribution is 2.16. The fourth-order valence-corrected chi connectivity index (χ4v) is 2.64. The van der Waals surface area contributed by atoms with Crippen molar-refractivity contribution < 1.29 is 14.3 Å². The van der Waals surface area contributed by atoms with Gasteiger partial charge < -0.3 is 20.1 Å². The van der Waals surface area contributed by atoms with E-state index in [-0.39, 0.29) is 12.0 Å². The van der Waals surface area contributed by atoms with Gasteiger partial charge in [0.15, 0.2) is 0 Å². The number of methoxy groups -OCH3 is 1. The van der Waals surface area contributed by atoms with Gasteiger partial charge in [-0.25, -0.2) is 0 Å². The van der Waals surface area contributed by atoms with Gasteiger partial charge in [-0.3, -0.25) is 4.79 Å². The third kappa shape index (κ3) is 5.00. The molecule has 2 N–H and O–H groups in total. The van der Waals surface area contributed by atoms with Crippen molar-refractivity contribution in [2.75, 3.05) is 33.4 Å². The smallest absolute Gasteiger partial charge is 0.226 e. The van der Waals surface area contributed by atoms with Crippen molar-refractivity contribution in [1.29, 1.82) is 0 Å². The van der Waals surface area contributed by atoms with E-state index in [1.165, 1.54) is 0 Å². The maximum absolute atomic E-state index is 12.3. The van der Waals surface area contributed by atoms with Crippen molar-refractivity contribution in [3.8, 4) is 5.75 Å². The number of benzene rings is 1. The Morgan fingerprint density at radius 2 is 1.95 bits per heavy atom. The molecule has 0 atom stereocenters. The molecule has 1 aromatic carbocycles. The lowest BCUT2D eigenvalue weighted by Gasteiger charge is -2.32. The molecule has 22 heavy (non-hydrogen) atoms. The number of carbonyl (C=O) groups is 1. The van der Waals surface area contributed by atoms with E-state index in [0.29, 0.717) is 13.0 Å². The summed E-state index contributed by atoms with van der Waals surface area (Å²) in [7, 11) is 1.64. The van der Waals surface area contributed by atoms with Gasteiger partial charge in [0.2, 0.25) is 5.91 Å². The molecule has 0 aromatic heterocycles. The molecule has 0 spiro atoms. The molecule has 1 aliphatic heterocycles. The topological polar surface area (TPSA) is 64.8 Å². The van der Waals surface area contributed by atoms with Crippen LogP contribution in [0, 0.1) is 0 Å². The Hall–Kier alpha value is -1.59. The van der Waals surface area contributed by atoms with Crippen molar-refractivity contribution in [2.45, 2.75) is 31.8 Å². The summed E-state index contributed by atoms with van der Waals surface area (Å²) in [5.74, 6) is 0.997. The van der Waals surface area contributed by atoms with Crippen molar-refractivity contribution in [1.82, 2.24) is 4.90 Å². The molecule has 0 saturated carbocycles. The zero-order valence-electron chi connectivity index (χ0n) is 13.3. The molecule has 0 aliphatic carbocycles. The van der Waals surface area contributed by atoms with Crippen LogP contribution in [0.5, 0.6) is 5.75 Å². The molecule has 5 heteroatoms. The molecule has 2 rings (SSSR count). The predicted molar refractivity (Wildman–Crippen MR) is 85.9 cm³/mol. The van der Waals surface area contributed by atoms with Gasteiger partial charge in [0.05, 0.1) is 19.6 Å². The molecular weight excluding hydrogens is 280 g/mol. The average molecular weight is 306 g/mol. The quantitative estimate of drug-likeness (QED) is 0.777. The van der Waals surface area contributed by atoms with Crippen LogP contribution in [0.15, 0.2) is 24.3 Å². The van der Waals surface area contributed by atoms with Crippen LogP contribution in [0.3, 0.4) is 0 Å². The van der Waals surface area contributed by atoms with Crippen molar-refractivity contribution in [3.63, 3.8) is 0 Å². The summed E-state index contributed by atoms with van der Waals surface area (Å²) in [5.41, 5.74) is 6.48. The highest BCUT2D eigenvalue weighted by Gasteiger charge is 2.23. The average Bonchev–Trinajstić information content (AvgIpc) is 2.56. The number of nitrogens with zero attached hydrogens (tertiary/aromatic N) is 1. The highest BCUT2D eigenvalue weighted by molar-refractivity contribution is 5.78. The normalized spacial score (nSPS) is 15.8. The molecule has 1 heterocycles. The second-order valence-corrected chi connectivity index (χ2v) is 5.62. The molecule has 0 radical (unpaired) electrons. The Bertz CT molecular complexity index is 453. The van der Waals surface area contributed by atoms with Crippen molar-refractivity contribution in [3.05, 3.63) is 29.8 Å². The monoisotopic (exact) mass is 306 g/mol. The van der Waals surface area contributed by atoms with Crippen LogP contribution in [0.1, 0.15) is 24.8 Å². The first-order valence-corrected chi connectivity index (χ1v) is 7.95. The number of carbonyl (C=O) groups excluding carboxylic acids is 1. The molecule has 0 unspecified atom stereocenters. The number of ether oxygens (including phenoxy) is 2. The van der Waals surface area contributed by atoms with E-state index < -0.39 is 0 Å². The minimum absolute atomic E-state index is 0.186. The fraction of sp³-hybridized carbons (Fsp3) is 0.588. The molecule has 1 aliphatic rings. The first-order chi connectivity index (χ1) is 10.7. The number of amides is 1. The van der Waals surface area contributed by atoms with Gasteiger partial charge in [0, 0.05) is 19.7 Å². The molecule has 122 valence electrons. The zero-order valence-corrected chi connectivity index (χ0v) is 13.3. The number of piperidine rings is 1. The Morgan fingerprint density at radius 1 is 1.27 bits per heavy atom. The third-order valence-corrected chi connectivity index (χ3v) is 4.01. The van der Waals surface area contributed by atoms with Crippen LogP contribution in [-0.2, 0) is 16.0 Å². The summed E-state index contributed by atoms with van der Waals surface area (Å²) < 4.78 is 10.9. The van der Waals surface area contributed by atoms with Gasteiger partial charge in [0.1, 0.15) is 5.75 Å². The number of likely N-dealkylation sites (tertiary alicyclic amines) is 1. The van der Waals surface area contributed by atoms with E-state index in [1.807, 2.05) is 29.2 Å². The largest absolute Gasteiger partial charge is 0.497 e. The molecule has 0 bridgehead atoms. The summed E-state index contributed by atoms with van der Waals surface area (Å²) >= 11 is 0. The van der Waals surface area contributed by atoms with Crippen LogP contribution in [0.4, 0.5) is 0 Å². The van der Waals surface area contributed by atoms with Gasteiger partial charge >= 0.3 is 0 Å². The van der Waals surface area contributed by atoms with E-state index in [9.17, 15) is 4.79 Å². The fourth-order valence-electron chi connectivity index (χ4n) is 2.64. The molecule has 1 aromatic rings. The van der Waals surface area contributed by atoms with Crippen LogP contribution < -0.4 is 10.5 Å². The minimum Gasteiger partial charge on any atom is -0.497 e. The SMILES string of the molecule is COc1ccc(CC(=O)N2CCC(OCCCN)CC2)cc1. The summed E-state index contributed by atoms with van der Waals surface area (Å²) in [6.07, 6.45) is 3.45. The Balaban J connectivity index is 1.74. The molecule has 1 fully saturated rings. The lowest BCUT2D eigenvalue weighted by Crippen LogP contribution is -2.41. The number of nitrogens with two attached hydrogens (primary N) is 1. The second-order valence-electron chi connectivity index (χ2n) is 5.62. The zero-order chi connectivity index (χ0) is 15.8.